The molecule has 18 aliphatic rings. The second-order valence-electron chi connectivity index (χ2n) is 39.9. The van der Waals surface area contributed by atoms with E-state index in [2.05, 4.69) is 62.3 Å². The average Bonchev–Trinajstić information content (AvgIpc) is 1.56. The van der Waals surface area contributed by atoms with E-state index in [1.165, 1.54) is 154 Å². The van der Waals surface area contributed by atoms with Gasteiger partial charge in [0.15, 0.2) is 0 Å². The average molecular weight is 1470 g/mol. The predicted octanol–water partition coefficient (Wildman–Crippen LogP) is 39.9. The van der Waals surface area contributed by atoms with Crippen molar-refractivity contribution < 1.29 is 0 Å². The maximum atomic E-state index is 2.44. The summed E-state index contributed by atoms with van der Waals surface area (Å²) in [5, 5.41) is 0. The number of hydrogen-bond donors (Lipinski definition) is 0. The van der Waals surface area contributed by atoms with Crippen LogP contribution in [0.3, 0.4) is 0 Å². The van der Waals surface area contributed by atoms with E-state index in [-0.39, 0.29) is 126 Å². The molecule has 0 aromatic rings. The highest BCUT2D eigenvalue weighted by atomic mass is 14.5. The lowest BCUT2D eigenvalue weighted by Gasteiger charge is -2.47. The molecule has 6 atom stereocenters. The summed E-state index contributed by atoms with van der Waals surface area (Å²) in [6.45, 7) is 21.7. The van der Waals surface area contributed by atoms with Crippen LogP contribution in [0.1, 0.15) is 574 Å². The van der Waals surface area contributed by atoms with Crippen LogP contribution in [-0.4, -0.2) is 0 Å². The Bertz CT molecular complexity index is 1920. The summed E-state index contributed by atoms with van der Waals surface area (Å²) < 4.78 is 0. The van der Waals surface area contributed by atoms with Gasteiger partial charge in [-0.25, -0.2) is 0 Å². The Balaban J connectivity index is -0.000000163. The molecule has 0 aromatic carbocycles. The molecule has 0 amide bonds. The highest BCUT2D eigenvalue weighted by Gasteiger charge is 2.48. The van der Waals surface area contributed by atoms with Gasteiger partial charge in [0.25, 0.3) is 0 Å². The molecule has 0 bridgehead atoms. The van der Waals surface area contributed by atoms with Crippen LogP contribution in [-0.2, 0) is 0 Å². The van der Waals surface area contributed by atoms with Crippen LogP contribution in [0.15, 0.2) is 0 Å². The molecule has 18 aliphatic carbocycles. The van der Waals surface area contributed by atoms with Crippen LogP contribution in [0.2, 0.25) is 0 Å². The Morgan fingerprint density at radius 3 is 0.385 bits per heavy atom. The van der Waals surface area contributed by atoms with E-state index in [1.807, 2.05) is 0 Å². The predicted molar refractivity (Wildman–Crippen MR) is 496 cm³/mol. The van der Waals surface area contributed by atoms with Crippen LogP contribution < -0.4 is 0 Å². The Morgan fingerprint density at radius 2 is 0.240 bits per heavy atom. The SMILES string of the molecule is C.C.C.C.C.C.C.C.C.C.C.C.C.C.C.C.C.CC1CCC2(CC1)CC2.CC1CCC2(CC2)C1.CC1CCC2(CCC2)C1.CC1CCC2(CCC2)CC1.CC1CCC2(CCCC2)C1.CC1CCC2(CCCC2)CC1.CC1CCCC2(CC2)C1.CC1CCCC2(CCC2)C1.CC1CCCC2(CCCC2)C1. The monoisotopic (exact) mass is 1470 g/mol. The maximum Gasteiger partial charge on any atom is -0.0294 e. The van der Waals surface area contributed by atoms with Crippen molar-refractivity contribution in [1.29, 1.82) is 0 Å². The van der Waals surface area contributed by atoms with Gasteiger partial charge >= 0.3 is 0 Å². The summed E-state index contributed by atoms with van der Waals surface area (Å²) in [5.41, 5.74) is 7.93. The molecular weight excluding hydrogens is 1250 g/mol. The summed E-state index contributed by atoms with van der Waals surface area (Å²) in [7, 11) is 0. The van der Waals surface area contributed by atoms with E-state index < -0.39 is 0 Å². The van der Waals surface area contributed by atoms with E-state index >= 15 is 0 Å². The fourth-order valence-electron chi connectivity index (χ4n) is 24.1. The molecule has 0 heteroatoms. The van der Waals surface area contributed by atoms with Crippen molar-refractivity contribution >= 4 is 0 Å². The van der Waals surface area contributed by atoms with E-state index in [9.17, 15) is 0 Å². The largest absolute Gasteiger partial charge is 0.0776 e. The molecule has 0 heterocycles. The van der Waals surface area contributed by atoms with Gasteiger partial charge in [-0.05, 0) is 333 Å². The van der Waals surface area contributed by atoms with Crippen molar-refractivity contribution in [2.45, 2.75) is 574 Å². The molecule has 0 nitrogen and oxygen atoms in total. The molecule has 0 saturated heterocycles. The minimum absolute atomic E-state index is 0. The molecule has 0 radical (unpaired) electrons. The lowest BCUT2D eigenvalue weighted by Crippen LogP contribution is -2.34. The summed E-state index contributed by atoms with van der Waals surface area (Å²) in [6, 6.07) is 0. The van der Waals surface area contributed by atoms with Gasteiger partial charge in [-0.2, -0.15) is 0 Å². The highest BCUT2D eigenvalue weighted by Crippen LogP contribution is 2.62. The molecule has 6 unspecified atom stereocenters. The lowest BCUT2D eigenvalue weighted by atomic mass is 9.59. The summed E-state index contributed by atoms with van der Waals surface area (Å²) in [5.74, 6) is 9.35. The molecular formula is C104H224. The van der Waals surface area contributed by atoms with Crippen LogP contribution in [0.4, 0.5) is 0 Å². The first-order chi connectivity index (χ1) is 41.8. The molecule has 18 fully saturated rings. The van der Waals surface area contributed by atoms with Gasteiger partial charge in [0.2, 0.25) is 0 Å². The fourth-order valence-corrected chi connectivity index (χ4v) is 24.1. The van der Waals surface area contributed by atoms with E-state index in [4.69, 9.17) is 0 Å². The van der Waals surface area contributed by atoms with Gasteiger partial charge in [-0.1, -0.05) is 343 Å². The van der Waals surface area contributed by atoms with Gasteiger partial charge in [0.1, 0.15) is 0 Å². The van der Waals surface area contributed by atoms with Crippen molar-refractivity contribution in [2.75, 3.05) is 0 Å². The van der Waals surface area contributed by atoms with Crippen LogP contribution in [0.5, 0.6) is 0 Å². The topological polar surface area (TPSA) is 0 Å². The zero-order valence-electron chi connectivity index (χ0n) is 61.1. The molecule has 0 N–H and O–H groups in total. The van der Waals surface area contributed by atoms with Gasteiger partial charge in [-0.3, -0.25) is 0 Å². The molecule has 18 rings (SSSR count). The summed E-state index contributed by atoms with van der Waals surface area (Å²) in [4.78, 5) is 0. The van der Waals surface area contributed by atoms with Crippen molar-refractivity contribution in [2.24, 2.45) is 102 Å². The first-order valence-electron chi connectivity index (χ1n) is 41.8. The molecule has 640 valence electrons. The maximum absolute atomic E-state index is 2.44. The van der Waals surface area contributed by atoms with E-state index in [0.29, 0.717) is 0 Å². The third-order valence-electron chi connectivity index (χ3n) is 31.5. The second-order valence-corrected chi connectivity index (χ2v) is 39.9. The first-order valence-corrected chi connectivity index (χ1v) is 41.8. The van der Waals surface area contributed by atoms with Gasteiger partial charge in [0.05, 0.1) is 0 Å². The van der Waals surface area contributed by atoms with E-state index in [0.717, 1.165) is 102 Å². The Hall–Kier alpha value is 0. The second kappa shape index (κ2) is 53.9. The fraction of sp³-hybridized carbons (Fsp3) is 1.00. The number of rotatable bonds is 0. The third-order valence-corrected chi connectivity index (χ3v) is 31.5. The lowest BCUT2D eigenvalue weighted by molar-refractivity contribution is 0.0515. The van der Waals surface area contributed by atoms with Crippen molar-refractivity contribution in [1.82, 2.24) is 0 Å². The highest BCUT2D eigenvalue weighted by molar-refractivity contribution is 5.00. The van der Waals surface area contributed by atoms with Crippen LogP contribution in [0, 0.1) is 102 Å². The number of hydrogen-bond acceptors (Lipinski definition) is 0. The smallest absolute Gasteiger partial charge is 0.0294 e. The van der Waals surface area contributed by atoms with Crippen molar-refractivity contribution in [3.8, 4) is 0 Å². The Kier molecular flexibility index (Phi) is 62.0. The zero-order valence-corrected chi connectivity index (χ0v) is 61.1. The normalized spacial score (nSPS) is 31.2. The summed E-state index contributed by atoms with van der Waals surface area (Å²) in [6.07, 6.45) is 92.2. The Labute approximate surface area is 671 Å². The van der Waals surface area contributed by atoms with Crippen molar-refractivity contribution in [3.63, 3.8) is 0 Å². The third kappa shape index (κ3) is 35.6. The van der Waals surface area contributed by atoms with E-state index in [1.54, 1.807) is 231 Å². The van der Waals surface area contributed by atoms with Crippen LogP contribution in [0.25, 0.3) is 0 Å². The summed E-state index contributed by atoms with van der Waals surface area (Å²) >= 11 is 0. The molecule has 0 aromatic heterocycles. The van der Waals surface area contributed by atoms with Gasteiger partial charge in [0, 0.05) is 0 Å². The Morgan fingerprint density at radius 1 is 0.115 bits per heavy atom. The van der Waals surface area contributed by atoms with Gasteiger partial charge < -0.3 is 0 Å². The molecule has 9 spiro atoms. The molecule has 104 heavy (non-hydrogen) atoms. The minimum Gasteiger partial charge on any atom is -0.0776 e. The molecule has 18 saturated carbocycles. The standard InChI is InChI=1S/2C11H20.3C10H18.3C9H16.C8H14.17CH4/c1-10-4-8-11(9-5-10)6-2-3-7-11;1-10-5-4-8-11(9-10)6-2-3-7-11;1-9-3-7-10(8-4-9)5-2-6-10;1-9-4-2-5-10(8-9)6-3-7-10;1-9-4-7-10(8-9)5-2-3-6-10;1-8-2-4-9(5-3-8)6-7-9;1-8-3-6-9(7-8)4-2-5-9;1-8-3-2-4-9(7-8)5-6-9;1-7-2-3-8(6-7)4-5-8;;;;;;;;;;;;;;;;;/h2*10H,2-9H2,1H3;3*9H,2-8H2,1H3;3*8H,2-7H2,1H3;7H,2-6H2,1H3;17*1H4. The van der Waals surface area contributed by atoms with Crippen molar-refractivity contribution in [3.05, 3.63) is 0 Å². The van der Waals surface area contributed by atoms with Gasteiger partial charge in [-0.15, -0.1) is 0 Å². The minimum atomic E-state index is 0. The zero-order chi connectivity index (χ0) is 61.1. The van der Waals surface area contributed by atoms with Crippen LogP contribution >= 0.6 is 0 Å². The first kappa shape index (κ1) is 120. The molecule has 0 aliphatic heterocycles. The quantitative estimate of drug-likeness (QED) is 0.227.